The number of nitrogens with one attached hydrogen (secondary N) is 2. The van der Waals surface area contributed by atoms with Crippen molar-refractivity contribution in [1.82, 2.24) is 15.4 Å². The van der Waals surface area contributed by atoms with Gasteiger partial charge in [0.15, 0.2) is 0 Å². The zero-order chi connectivity index (χ0) is 15.4. The predicted molar refractivity (Wildman–Crippen MR) is 83.9 cm³/mol. The van der Waals surface area contributed by atoms with Gasteiger partial charge in [-0.3, -0.25) is 9.59 Å². The minimum atomic E-state index is -0.574. The van der Waals surface area contributed by atoms with E-state index in [2.05, 4.69) is 20.5 Å². The second-order valence-corrected chi connectivity index (χ2v) is 4.54. The van der Waals surface area contributed by atoms with Crippen molar-refractivity contribution in [2.24, 2.45) is 5.10 Å². The van der Waals surface area contributed by atoms with Crippen molar-refractivity contribution in [2.75, 3.05) is 0 Å². The normalized spacial score (nSPS) is 10.9. The van der Waals surface area contributed by atoms with Gasteiger partial charge in [0.2, 0.25) is 5.82 Å². The zero-order valence-electron chi connectivity index (χ0n) is 11.5. The fourth-order valence-corrected chi connectivity index (χ4v) is 1.95. The van der Waals surface area contributed by atoms with Crippen molar-refractivity contribution in [3.05, 3.63) is 76.3 Å². The first-order valence-electron chi connectivity index (χ1n) is 6.61. The summed E-state index contributed by atoms with van der Waals surface area (Å²) in [5.41, 5.74) is 3.29. The van der Waals surface area contributed by atoms with E-state index in [1.165, 1.54) is 6.21 Å². The molecule has 0 bridgehead atoms. The van der Waals surface area contributed by atoms with Crippen LogP contribution >= 0.6 is 0 Å². The molecule has 1 heterocycles. The van der Waals surface area contributed by atoms with Crippen LogP contribution in [-0.4, -0.2) is 22.1 Å². The van der Waals surface area contributed by atoms with Crippen molar-refractivity contribution in [3.8, 4) is 0 Å². The number of carbonyl (C=O) groups excluding carboxylic acids is 1. The highest BCUT2D eigenvalue weighted by Crippen LogP contribution is 2.05. The minimum Gasteiger partial charge on any atom is -0.302 e. The molecule has 0 saturated heterocycles. The molecule has 3 aromatic rings. The van der Waals surface area contributed by atoms with Crippen molar-refractivity contribution >= 4 is 23.0 Å². The highest BCUT2D eigenvalue weighted by molar-refractivity contribution is 5.93. The van der Waals surface area contributed by atoms with Crippen LogP contribution in [0.15, 0.2) is 64.5 Å². The SMILES string of the molecule is O=C(N/N=C/c1ccccc1)c1nc2ccccc2c(=O)[nH]1. The van der Waals surface area contributed by atoms with E-state index in [-0.39, 0.29) is 11.4 Å². The summed E-state index contributed by atoms with van der Waals surface area (Å²) in [5.74, 6) is -0.649. The van der Waals surface area contributed by atoms with Gasteiger partial charge < -0.3 is 4.98 Å². The quantitative estimate of drug-likeness (QED) is 0.569. The van der Waals surface area contributed by atoms with Crippen molar-refractivity contribution < 1.29 is 4.79 Å². The van der Waals surface area contributed by atoms with Gasteiger partial charge in [-0.25, -0.2) is 10.4 Å². The first kappa shape index (κ1) is 13.7. The van der Waals surface area contributed by atoms with Crippen molar-refractivity contribution in [2.45, 2.75) is 0 Å². The Labute approximate surface area is 125 Å². The molecule has 0 radical (unpaired) electrons. The van der Waals surface area contributed by atoms with Gasteiger partial charge in [0.05, 0.1) is 17.1 Å². The maximum atomic E-state index is 12.0. The standard InChI is InChI=1S/C16H12N4O2/c21-15-12-8-4-5-9-13(12)18-14(19-15)16(22)20-17-10-11-6-2-1-3-7-11/h1-10H,(H,20,22)(H,18,19,21)/b17-10+. The van der Waals surface area contributed by atoms with Crippen LogP contribution in [0.3, 0.4) is 0 Å². The molecule has 0 atom stereocenters. The Hall–Kier alpha value is -3.28. The second-order valence-electron chi connectivity index (χ2n) is 4.54. The summed E-state index contributed by atoms with van der Waals surface area (Å²) in [7, 11) is 0. The van der Waals surface area contributed by atoms with Gasteiger partial charge in [0.25, 0.3) is 5.56 Å². The van der Waals surface area contributed by atoms with Gasteiger partial charge in [-0.05, 0) is 17.7 Å². The molecule has 0 aliphatic heterocycles. The van der Waals surface area contributed by atoms with Gasteiger partial charge in [0.1, 0.15) is 0 Å². The summed E-state index contributed by atoms with van der Waals surface area (Å²) in [6.07, 6.45) is 1.51. The summed E-state index contributed by atoms with van der Waals surface area (Å²) in [5, 5.41) is 4.28. The molecule has 2 aromatic carbocycles. The average molecular weight is 292 g/mol. The van der Waals surface area contributed by atoms with E-state index in [0.29, 0.717) is 10.9 Å². The van der Waals surface area contributed by atoms with Gasteiger partial charge >= 0.3 is 5.91 Å². The van der Waals surface area contributed by atoms with Crippen LogP contribution < -0.4 is 11.0 Å². The summed E-state index contributed by atoms with van der Waals surface area (Å²) in [4.78, 5) is 30.4. The van der Waals surface area contributed by atoms with Gasteiger partial charge in [-0.1, -0.05) is 42.5 Å². The number of H-pyrrole nitrogens is 1. The number of hydrogen-bond acceptors (Lipinski definition) is 4. The summed E-state index contributed by atoms with van der Waals surface area (Å²) in [6.45, 7) is 0. The monoisotopic (exact) mass is 292 g/mol. The number of benzene rings is 2. The summed E-state index contributed by atoms with van der Waals surface area (Å²) < 4.78 is 0. The van der Waals surface area contributed by atoms with Crippen LogP contribution in [0.25, 0.3) is 10.9 Å². The Bertz CT molecular complexity index is 901. The number of aromatic nitrogens is 2. The molecule has 1 aromatic heterocycles. The third kappa shape index (κ3) is 2.90. The van der Waals surface area contributed by atoms with Gasteiger partial charge in [0, 0.05) is 0 Å². The Kier molecular flexibility index (Phi) is 3.74. The maximum Gasteiger partial charge on any atom is 0.307 e. The van der Waals surface area contributed by atoms with E-state index in [0.717, 1.165) is 5.56 Å². The van der Waals surface area contributed by atoms with Gasteiger partial charge in [-0.15, -0.1) is 0 Å². The number of amides is 1. The first-order valence-corrected chi connectivity index (χ1v) is 6.61. The number of rotatable bonds is 3. The number of hydrogen-bond donors (Lipinski definition) is 2. The molecule has 3 rings (SSSR count). The van der Waals surface area contributed by atoms with Crippen molar-refractivity contribution in [3.63, 3.8) is 0 Å². The smallest absolute Gasteiger partial charge is 0.302 e. The van der Waals surface area contributed by atoms with Gasteiger partial charge in [-0.2, -0.15) is 5.10 Å². The zero-order valence-corrected chi connectivity index (χ0v) is 11.5. The lowest BCUT2D eigenvalue weighted by atomic mass is 10.2. The van der Waals surface area contributed by atoms with Crippen LogP contribution in [0.2, 0.25) is 0 Å². The Morgan fingerprint density at radius 3 is 2.64 bits per heavy atom. The number of aromatic amines is 1. The average Bonchev–Trinajstić information content (AvgIpc) is 2.56. The highest BCUT2D eigenvalue weighted by Gasteiger charge is 2.10. The van der Waals surface area contributed by atoms with E-state index >= 15 is 0 Å². The molecular weight excluding hydrogens is 280 g/mol. The Morgan fingerprint density at radius 1 is 1.09 bits per heavy atom. The second kappa shape index (κ2) is 6.01. The minimum absolute atomic E-state index is 0.0751. The lowest BCUT2D eigenvalue weighted by Gasteiger charge is -2.01. The molecule has 108 valence electrons. The van der Waals surface area contributed by atoms with Crippen LogP contribution in [0.5, 0.6) is 0 Å². The number of hydrazone groups is 1. The van der Waals surface area contributed by atoms with E-state index in [9.17, 15) is 9.59 Å². The Morgan fingerprint density at radius 2 is 1.82 bits per heavy atom. The van der Waals surface area contributed by atoms with E-state index in [1.54, 1.807) is 24.3 Å². The van der Waals surface area contributed by atoms with E-state index < -0.39 is 5.91 Å². The fraction of sp³-hybridized carbons (Fsp3) is 0. The number of carbonyl (C=O) groups is 1. The lowest BCUT2D eigenvalue weighted by Crippen LogP contribution is -2.24. The molecule has 6 nitrogen and oxygen atoms in total. The molecule has 0 aliphatic carbocycles. The molecule has 0 saturated carbocycles. The third-order valence-electron chi connectivity index (χ3n) is 3.01. The molecular formula is C16H12N4O2. The largest absolute Gasteiger partial charge is 0.307 e. The summed E-state index contributed by atoms with van der Waals surface area (Å²) >= 11 is 0. The molecule has 22 heavy (non-hydrogen) atoms. The van der Waals surface area contributed by atoms with E-state index in [1.807, 2.05) is 30.3 Å². The number of nitrogens with zero attached hydrogens (tertiary/aromatic N) is 2. The molecule has 2 N–H and O–H groups in total. The predicted octanol–water partition coefficient (Wildman–Crippen LogP) is 1.69. The first-order chi connectivity index (χ1) is 10.7. The lowest BCUT2D eigenvalue weighted by molar-refractivity contribution is 0.0945. The maximum absolute atomic E-state index is 12.0. The fourth-order valence-electron chi connectivity index (χ4n) is 1.95. The van der Waals surface area contributed by atoms with Crippen LogP contribution in [0.4, 0.5) is 0 Å². The number of para-hydroxylation sites is 1. The van der Waals surface area contributed by atoms with Crippen molar-refractivity contribution in [1.29, 1.82) is 0 Å². The van der Waals surface area contributed by atoms with E-state index in [4.69, 9.17) is 0 Å². The molecule has 6 heteroatoms. The Balaban J connectivity index is 1.81. The van der Waals surface area contributed by atoms with Crippen LogP contribution in [0.1, 0.15) is 16.2 Å². The molecule has 0 spiro atoms. The molecule has 1 amide bonds. The molecule has 0 fully saturated rings. The topological polar surface area (TPSA) is 87.2 Å². The summed E-state index contributed by atoms with van der Waals surface area (Å²) in [6, 6.07) is 16.1. The van der Waals surface area contributed by atoms with Crippen LogP contribution in [0, 0.1) is 0 Å². The number of fused-ring (bicyclic) bond motifs is 1. The highest BCUT2D eigenvalue weighted by atomic mass is 16.2. The third-order valence-corrected chi connectivity index (χ3v) is 3.01. The molecule has 0 unspecified atom stereocenters. The molecule has 0 aliphatic rings. The van der Waals surface area contributed by atoms with Crippen LogP contribution in [-0.2, 0) is 0 Å².